The minimum absolute atomic E-state index is 0.0243. The minimum atomic E-state index is -2.95. The van der Waals surface area contributed by atoms with Crippen molar-refractivity contribution >= 4 is 23.3 Å². The zero-order chi connectivity index (χ0) is 13.8. The highest BCUT2D eigenvalue weighted by Crippen LogP contribution is 2.28. The first kappa shape index (κ1) is 13.3. The summed E-state index contributed by atoms with van der Waals surface area (Å²) in [5.74, 6) is -0.155. The van der Waals surface area contributed by atoms with E-state index in [0.717, 1.165) is 0 Å². The molecule has 0 aliphatic rings. The molecule has 0 atom stereocenters. The molecule has 5 nitrogen and oxygen atoms in total. The molecule has 1 amide bonds. The van der Waals surface area contributed by atoms with Gasteiger partial charge in [-0.3, -0.25) is 4.57 Å². The van der Waals surface area contributed by atoms with Crippen molar-refractivity contribution < 1.29 is 18.3 Å². The zero-order valence-corrected chi connectivity index (χ0v) is 10.1. The standard InChI is InChI=1S/C11H8ClF2N3O2/c12-8-5-7(1-2-9(8)19-10(13)14)16-11(18)17-4-3-15-6-17/h1-6,10H,(H,16,18). The average molecular weight is 288 g/mol. The molecule has 1 aromatic heterocycles. The summed E-state index contributed by atoms with van der Waals surface area (Å²) in [5.41, 5.74) is 0.352. The maximum atomic E-state index is 12.0. The van der Waals surface area contributed by atoms with E-state index in [4.69, 9.17) is 11.6 Å². The van der Waals surface area contributed by atoms with E-state index in [9.17, 15) is 13.6 Å². The maximum absolute atomic E-state index is 12.0. The molecule has 2 aromatic rings. The molecule has 0 saturated heterocycles. The van der Waals surface area contributed by atoms with Crippen LogP contribution in [0.1, 0.15) is 0 Å². The predicted molar refractivity (Wildman–Crippen MR) is 64.7 cm³/mol. The van der Waals surface area contributed by atoms with Gasteiger partial charge < -0.3 is 10.1 Å². The van der Waals surface area contributed by atoms with Gasteiger partial charge in [-0.1, -0.05) is 11.6 Å². The number of hydrogen-bond acceptors (Lipinski definition) is 3. The maximum Gasteiger partial charge on any atom is 0.387 e. The highest BCUT2D eigenvalue weighted by molar-refractivity contribution is 6.32. The van der Waals surface area contributed by atoms with Crippen LogP contribution in [0.2, 0.25) is 5.02 Å². The smallest absolute Gasteiger partial charge is 0.387 e. The summed E-state index contributed by atoms with van der Waals surface area (Å²) in [7, 11) is 0. The molecule has 0 saturated carbocycles. The Labute approximate surface area is 111 Å². The second-order valence-corrected chi connectivity index (χ2v) is 3.83. The highest BCUT2D eigenvalue weighted by Gasteiger charge is 2.10. The number of nitrogens with zero attached hydrogens (tertiary/aromatic N) is 2. The predicted octanol–water partition coefficient (Wildman–Crippen LogP) is 3.22. The SMILES string of the molecule is O=C(Nc1ccc(OC(F)F)c(Cl)c1)n1ccnc1. The lowest BCUT2D eigenvalue weighted by Crippen LogP contribution is -2.17. The summed E-state index contributed by atoms with van der Waals surface area (Å²) in [6.45, 7) is -2.95. The third-order valence-corrected chi connectivity index (χ3v) is 2.43. The molecule has 2 rings (SSSR count). The van der Waals surface area contributed by atoms with Crippen molar-refractivity contribution in [1.82, 2.24) is 9.55 Å². The van der Waals surface area contributed by atoms with Gasteiger partial charge in [0.25, 0.3) is 0 Å². The monoisotopic (exact) mass is 287 g/mol. The van der Waals surface area contributed by atoms with Crippen molar-refractivity contribution in [3.63, 3.8) is 0 Å². The Balaban J connectivity index is 2.10. The molecular formula is C11H8ClF2N3O2. The van der Waals surface area contributed by atoms with E-state index >= 15 is 0 Å². The molecule has 0 unspecified atom stereocenters. The van der Waals surface area contributed by atoms with Crippen LogP contribution in [0.15, 0.2) is 36.9 Å². The number of nitrogens with one attached hydrogen (secondary N) is 1. The molecule has 1 aromatic carbocycles. The van der Waals surface area contributed by atoms with Crippen LogP contribution in [0.4, 0.5) is 19.3 Å². The van der Waals surface area contributed by atoms with Crippen molar-refractivity contribution in [2.45, 2.75) is 6.61 Å². The summed E-state index contributed by atoms with van der Waals surface area (Å²) >= 11 is 5.75. The van der Waals surface area contributed by atoms with Gasteiger partial charge in [-0.2, -0.15) is 8.78 Å². The molecule has 0 aliphatic carbocycles. The van der Waals surface area contributed by atoms with Gasteiger partial charge in [0.05, 0.1) is 5.02 Å². The Hall–Kier alpha value is -2.15. The van der Waals surface area contributed by atoms with Crippen LogP contribution in [0.5, 0.6) is 5.75 Å². The summed E-state index contributed by atoms with van der Waals surface area (Å²) < 4.78 is 29.5. The molecule has 1 N–H and O–H groups in total. The van der Waals surface area contributed by atoms with E-state index in [1.807, 2.05) is 0 Å². The molecule has 0 fully saturated rings. The van der Waals surface area contributed by atoms with Crippen molar-refractivity contribution in [3.8, 4) is 5.75 Å². The van der Waals surface area contributed by atoms with Gasteiger partial charge in [0, 0.05) is 18.1 Å². The molecule has 100 valence electrons. The van der Waals surface area contributed by atoms with E-state index in [-0.39, 0.29) is 10.8 Å². The van der Waals surface area contributed by atoms with Crippen LogP contribution in [0.3, 0.4) is 0 Å². The Kier molecular flexibility index (Phi) is 3.96. The zero-order valence-electron chi connectivity index (χ0n) is 9.39. The number of hydrogen-bond donors (Lipinski definition) is 1. The highest BCUT2D eigenvalue weighted by atomic mass is 35.5. The number of amides is 1. The number of anilines is 1. The fraction of sp³-hybridized carbons (Fsp3) is 0.0909. The molecule has 0 bridgehead atoms. The fourth-order valence-electron chi connectivity index (χ4n) is 1.34. The summed E-state index contributed by atoms with van der Waals surface area (Å²) in [4.78, 5) is 15.4. The molecule has 19 heavy (non-hydrogen) atoms. The van der Waals surface area contributed by atoms with Gasteiger partial charge in [0.2, 0.25) is 0 Å². The quantitative estimate of drug-likeness (QED) is 0.943. The molecular weight excluding hydrogens is 280 g/mol. The van der Waals surface area contributed by atoms with Gasteiger partial charge in [-0.15, -0.1) is 0 Å². The van der Waals surface area contributed by atoms with E-state index in [2.05, 4.69) is 15.0 Å². The van der Waals surface area contributed by atoms with Crippen molar-refractivity contribution in [3.05, 3.63) is 41.9 Å². The van der Waals surface area contributed by atoms with Crippen LogP contribution >= 0.6 is 11.6 Å². The Bertz CT molecular complexity index is 575. The fourth-order valence-corrected chi connectivity index (χ4v) is 1.56. The third kappa shape index (κ3) is 3.41. The molecule has 0 aliphatic heterocycles. The van der Waals surface area contributed by atoms with Crippen molar-refractivity contribution in [2.24, 2.45) is 0 Å². The second kappa shape index (κ2) is 5.66. The van der Waals surface area contributed by atoms with Crippen LogP contribution in [-0.2, 0) is 0 Å². The number of halogens is 3. The number of benzene rings is 1. The average Bonchev–Trinajstić information content (AvgIpc) is 2.86. The summed E-state index contributed by atoms with van der Waals surface area (Å²) in [5, 5.41) is 2.50. The number of rotatable bonds is 3. The first-order valence-corrected chi connectivity index (χ1v) is 5.48. The van der Waals surface area contributed by atoms with Crippen LogP contribution in [0, 0.1) is 0 Å². The third-order valence-electron chi connectivity index (χ3n) is 2.14. The van der Waals surface area contributed by atoms with E-state index in [0.29, 0.717) is 5.69 Å². The topological polar surface area (TPSA) is 56.1 Å². The Morgan fingerprint density at radius 2 is 2.26 bits per heavy atom. The number of carbonyl (C=O) groups excluding carboxylic acids is 1. The summed E-state index contributed by atoms with van der Waals surface area (Å²) in [6, 6.07) is 3.51. The lowest BCUT2D eigenvalue weighted by Gasteiger charge is -2.09. The van der Waals surface area contributed by atoms with Gasteiger partial charge in [0.1, 0.15) is 12.1 Å². The molecule has 0 radical (unpaired) electrons. The lowest BCUT2D eigenvalue weighted by atomic mass is 10.3. The van der Waals surface area contributed by atoms with E-state index in [1.54, 1.807) is 0 Å². The van der Waals surface area contributed by atoms with Crippen molar-refractivity contribution in [2.75, 3.05) is 5.32 Å². The number of imidazole rings is 1. The van der Waals surface area contributed by atoms with Crippen LogP contribution in [0.25, 0.3) is 0 Å². The molecule has 8 heteroatoms. The normalized spacial score (nSPS) is 10.5. The lowest BCUT2D eigenvalue weighted by molar-refractivity contribution is -0.0497. The number of aromatic nitrogens is 2. The van der Waals surface area contributed by atoms with Crippen LogP contribution in [-0.4, -0.2) is 22.2 Å². The van der Waals surface area contributed by atoms with E-state index < -0.39 is 12.6 Å². The number of alkyl halides is 2. The number of ether oxygens (including phenoxy) is 1. The molecule has 1 heterocycles. The van der Waals surface area contributed by atoms with E-state index in [1.165, 1.54) is 41.5 Å². The minimum Gasteiger partial charge on any atom is -0.433 e. The van der Waals surface area contributed by atoms with Gasteiger partial charge in [-0.25, -0.2) is 9.78 Å². The second-order valence-electron chi connectivity index (χ2n) is 3.42. The van der Waals surface area contributed by atoms with Gasteiger partial charge in [0.15, 0.2) is 0 Å². The Morgan fingerprint density at radius 3 is 2.84 bits per heavy atom. The van der Waals surface area contributed by atoms with Gasteiger partial charge in [-0.05, 0) is 18.2 Å². The van der Waals surface area contributed by atoms with Gasteiger partial charge >= 0.3 is 12.6 Å². The molecule has 0 spiro atoms. The number of carbonyl (C=O) groups is 1. The van der Waals surface area contributed by atoms with Crippen molar-refractivity contribution in [1.29, 1.82) is 0 Å². The Morgan fingerprint density at radius 1 is 1.47 bits per heavy atom. The first-order chi connectivity index (χ1) is 9.06. The first-order valence-electron chi connectivity index (χ1n) is 5.10. The summed E-state index contributed by atoms with van der Waals surface area (Å²) in [6.07, 6.45) is 4.24. The van der Waals surface area contributed by atoms with Crippen LogP contribution < -0.4 is 10.1 Å². The largest absolute Gasteiger partial charge is 0.433 e.